The zero-order chi connectivity index (χ0) is 13.2. The topological polar surface area (TPSA) is 44.5 Å². The van der Waals surface area contributed by atoms with E-state index in [1.807, 2.05) is 36.4 Å². The second-order valence-electron chi connectivity index (χ2n) is 4.62. The Morgan fingerprint density at radius 2 is 2.00 bits per heavy atom. The molecule has 1 saturated heterocycles. The summed E-state index contributed by atoms with van der Waals surface area (Å²) in [4.78, 5) is 0.409. The Morgan fingerprint density at radius 1 is 1.21 bits per heavy atom. The molecule has 0 spiro atoms. The van der Waals surface area contributed by atoms with Gasteiger partial charge in [0.2, 0.25) is 0 Å². The molecule has 0 radical (unpaired) electrons. The third-order valence-electron chi connectivity index (χ3n) is 3.33. The molecule has 0 aromatic heterocycles. The number of ether oxygens (including phenoxy) is 2. The van der Waals surface area contributed by atoms with Crippen molar-refractivity contribution in [1.82, 2.24) is 0 Å². The lowest BCUT2D eigenvalue weighted by atomic mass is 10.0. The van der Waals surface area contributed by atoms with Gasteiger partial charge in [0, 0.05) is 17.4 Å². The van der Waals surface area contributed by atoms with E-state index in [-0.39, 0.29) is 6.10 Å². The van der Waals surface area contributed by atoms with E-state index in [1.54, 1.807) is 0 Å². The fourth-order valence-corrected chi connectivity index (χ4v) is 2.55. The largest absolute Gasteiger partial charge is 0.487 e. The van der Waals surface area contributed by atoms with E-state index in [4.69, 9.17) is 27.4 Å². The van der Waals surface area contributed by atoms with E-state index < -0.39 is 0 Å². The fraction of sp³-hybridized carbons (Fsp3) is 0.267. The van der Waals surface area contributed by atoms with Gasteiger partial charge >= 0.3 is 0 Å². The van der Waals surface area contributed by atoms with Crippen LogP contribution in [0.5, 0.6) is 5.75 Å². The third-order valence-corrected chi connectivity index (χ3v) is 3.55. The Kier molecular flexibility index (Phi) is 3.36. The van der Waals surface area contributed by atoms with E-state index in [9.17, 15) is 0 Å². The van der Waals surface area contributed by atoms with E-state index in [1.165, 1.54) is 0 Å². The second-order valence-corrected chi connectivity index (χ2v) is 5.06. The van der Waals surface area contributed by atoms with Gasteiger partial charge in [-0.25, -0.2) is 0 Å². The molecule has 0 amide bonds. The first kappa shape index (κ1) is 12.4. The minimum Gasteiger partial charge on any atom is -0.487 e. The van der Waals surface area contributed by atoms with Gasteiger partial charge in [-0.1, -0.05) is 36.5 Å². The lowest BCUT2D eigenvalue weighted by Gasteiger charge is -2.15. The molecular formula is C15H15NO2S. The SMILES string of the molecule is NC(=S)c1ccc(OC2CCOC2)c2ccccc12. The molecule has 0 bridgehead atoms. The van der Waals surface area contributed by atoms with Gasteiger partial charge in [-0.05, 0) is 17.5 Å². The minimum absolute atomic E-state index is 0.138. The van der Waals surface area contributed by atoms with Gasteiger partial charge in [0.1, 0.15) is 16.8 Å². The summed E-state index contributed by atoms with van der Waals surface area (Å²) in [7, 11) is 0. The van der Waals surface area contributed by atoms with Crippen molar-refractivity contribution in [3.63, 3.8) is 0 Å². The minimum atomic E-state index is 0.138. The maximum Gasteiger partial charge on any atom is 0.127 e. The molecule has 98 valence electrons. The number of hydrogen-bond acceptors (Lipinski definition) is 3. The van der Waals surface area contributed by atoms with Crippen LogP contribution in [-0.2, 0) is 4.74 Å². The molecule has 3 nitrogen and oxygen atoms in total. The summed E-state index contributed by atoms with van der Waals surface area (Å²) in [5.41, 5.74) is 6.65. The molecule has 0 aliphatic carbocycles. The van der Waals surface area contributed by atoms with E-state index >= 15 is 0 Å². The molecule has 1 unspecified atom stereocenters. The van der Waals surface area contributed by atoms with Crippen LogP contribution < -0.4 is 10.5 Å². The van der Waals surface area contributed by atoms with Gasteiger partial charge in [0.05, 0.1) is 13.2 Å². The predicted octanol–water partition coefficient (Wildman–Crippen LogP) is 2.64. The van der Waals surface area contributed by atoms with Gasteiger partial charge in [0.25, 0.3) is 0 Å². The number of rotatable bonds is 3. The van der Waals surface area contributed by atoms with Crippen molar-refractivity contribution in [2.75, 3.05) is 13.2 Å². The Bertz CT molecular complexity index is 621. The highest BCUT2D eigenvalue weighted by atomic mass is 32.1. The highest BCUT2D eigenvalue weighted by molar-refractivity contribution is 7.80. The average molecular weight is 273 g/mol. The van der Waals surface area contributed by atoms with Crippen LogP contribution in [0.15, 0.2) is 36.4 Å². The molecule has 1 aliphatic heterocycles. The number of benzene rings is 2. The average Bonchev–Trinajstić information content (AvgIpc) is 2.91. The van der Waals surface area contributed by atoms with E-state index in [0.29, 0.717) is 11.6 Å². The number of hydrogen-bond donors (Lipinski definition) is 1. The molecule has 2 N–H and O–H groups in total. The molecular weight excluding hydrogens is 258 g/mol. The lowest BCUT2D eigenvalue weighted by Crippen LogP contribution is -2.16. The van der Waals surface area contributed by atoms with Crippen LogP contribution in [0.1, 0.15) is 12.0 Å². The standard InChI is InChI=1S/C15H15NO2S/c16-15(19)13-5-6-14(18-10-7-8-17-9-10)12-4-2-1-3-11(12)13/h1-6,10H,7-9H2,(H2,16,19). The summed E-state index contributed by atoms with van der Waals surface area (Å²) in [5.74, 6) is 0.867. The Hall–Kier alpha value is -1.65. The first-order valence-electron chi connectivity index (χ1n) is 6.31. The summed E-state index contributed by atoms with van der Waals surface area (Å²) in [5, 5.41) is 2.08. The molecule has 1 fully saturated rings. The van der Waals surface area contributed by atoms with Crippen molar-refractivity contribution in [2.45, 2.75) is 12.5 Å². The monoisotopic (exact) mass is 273 g/mol. The third kappa shape index (κ3) is 2.41. The van der Waals surface area contributed by atoms with Crippen LogP contribution in [0, 0.1) is 0 Å². The van der Waals surface area contributed by atoms with Crippen molar-refractivity contribution in [3.8, 4) is 5.75 Å². The van der Waals surface area contributed by atoms with Crippen LogP contribution in [0.4, 0.5) is 0 Å². The molecule has 1 heterocycles. The van der Waals surface area contributed by atoms with Crippen LogP contribution in [0.3, 0.4) is 0 Å². The summed E-state index contributed by atoms with van der Waals surface area (Å²) in [6, 6.07) is 11.9. The highest BCUT2D eigenvalue weighted by Crippen LogP contribution is 2.30. The van der Waals surface area contributed by atoms with Gasteiger partial charge < -0.3 is 15.2 Å². The van der Waals surface area contributed by atoms with Crippen LogP contribution in [0.25, 0.3) is 10.8 Å². The van der Waals surface area contributed by atoms with Gasteiger partial charge in [0.15, 0.2) is 0 Å². The maximum absolute atomic E-state index is 6.01. The Balaban J connectivity index is 2.05. The molecule has 4 heteroatoms. The Morgan fingerprint density at radius 3 is 2.68 bits per heavy atom. The quantitative estimate of drug-likeness (QED) is 0.873. The summed E-state index contributed by atoms with van der Waals surface area (Å²) < 4.78 is 11.4. The molecule has 19 heavy (non-hydrogen) atoms. The van der Waals surface area contributed by atoms with Crippen molar-refractivity contribution in [2.24, 2.45) is 5.73 Å². The first-order chi connectivity index (χ1) is 9.25. The van der Waals surface area contributed by atoms with Crippen LogP contribution in [0.2, 0.25) is 0 Å². The molecule has 3 rings (SSSR count). The molecule has 2 aromatic rings. The molecule has 2 aromatic carbocycles. The van der Waals surface area contributed by atoms with Crippen molar-refractivity contribution in [1.29, 1.82) is 0 Å². The zero-order valence-corrected chi connectivity index (χ0v) is 11.3. The molecule has 1 aliphatic rings. The highest BCUT2D eigenvalue weighted by Gasteiger charge is 2.18. The van der Waals surface area contributed by atoms with Crippen molar-refractivity contribution >= 4 is 28.0 Å². The zero-order valence-electron chi connectivity index (χ0n) is 10.5. The van der Waals surface area contributed by atoms with Crippen molar-refractivity contribution < 1.29 is 9.47 Å². The van der Waals surface area contributed by atoms with E-state index in [2.05, 4.69) is 0 Å². The predicted molar refractivity (Wildman–Crippen MR) is 79.7 cm³/mol. The van der Waals surface area contributed by atoms with Crippen LogP contribution in [-0.4, -0.2) is 24.3 Å². The number of thiocarbonyl (C=S) groups is 1. The molecule has 0 saturated carbocycles. The second kappa shape index (κ2) is 5.15. The van der Waals surface area contributed by atoms with Crippen LogP contribution >= 0.6 is 12.2 Å². The van der Waals surface area contributed by atoms with Gasteiger partial charge in [-0.2, -0.15) is 0 Å². The summed E-state index contributed by atoms with van der Waals surface area (Å²) in [6.45, 7) is 1.43. The fourth-order valence-electron chi connectivity index (χ4n) is 2.37. The van der Waals surface area contributed by atoms with E-state index in [0.717, 1.165) is 35.1 Å². The van der Waals surface area contributed by atoms with Gasteiger partial charge in [-0.15, -0.1) is 0 Å². The smallest absolute Gasteiger partial charge is 0.127 e. The molecule has 1 atom stereocenters. The summed E-state index contributed by atoms with van der Waals surface area (Å²) >= 11 is 5.09. The first-order valence-corrected chi connectivity index (χ1v) is 6.72. The Labute approximate surface area is 117 Å². The normalized spacial score (nSPS) is 18.6. The number of fused-ring (bicyclic) bond motifs is 1. The maximum atomic E-state index is 6.01. The lowest BCUT2D eigenvalue weighted by molar-refractivity contribution is 0.142. The summed E-state index contributed by atoms with van der Waals surface area (Å²) in [6.07, 6.45) is 1.07. The van der Waals surface area contributed by atoms with Crippen molar-refractivity contribution in [3.05, 3.63) is 42.0 Å². The number of nitrogens with two attached hydrogens (primary N) is 1. The van der Waals surface area contributed by atoms with Gasteiger partial charge in [-0.3, -0.25) is 0 Å².